The van der Waals surface area contributed by atoms with Gasteiger partial charge >= 0.3 is 0 Å². The molecule has 20 heavy (non-hydrogen) atoms. The first-order valence-corrected chi connectivity index (χ1v) is 6.09. The van der Waals surface area contributed by atoms with Gasteiger partial charge in [-0.05, 0) is 31.2 Å². The summed E-state index contributed by atoms with van der Waals surface area (Å²) in [5, 5.41) is 11.6. The Morgan fingerprint density at radius 1 is 1.25 bits per heavy atom. The van der Waals surface area contributed by atoms with Crippen LogP contribution < -0.4 is 5.43 Å². The van der Waals surface area contributed by atoms with E-state index in [0.717, 1.165) is 22.3 Å². The Kier molecular flexibility index (Phi) is 2.83. The molecule has 0 unspecified atom stereocenters. The standard InChI is InChI=1S/C14H12N4O2/c1-10-8-14(16-17-6-2-3-7-17)12-9-11(18(19)20)4-5-13(12)15-10/h2-9H,1H3,(H,15,16). The van der Waals surface area contributed by atoms with E-state index in [-0.39, 0.29) is 5.69 Å². The lowest BCUT2D eigenvalue weighted by atomic mass is 10.1. The summed E-state index contributed by atoms with van der Waals surface area (Å²) in [6.07, 6.45) is 3.72. The molecule has 0 aliphatic carbocycles. The third kappa shape index (κ3) is 2.18. The molecule has 0 saturated heterocycles. The van der Waals surface area contributed by atoms with Crippen LogP contribution in [-0.2, 0) is 0 Å². The molecule has 0 aliphatic rings. The summed E-state index contributed by atoms with van der Waals surface area (Å²) in [5.74, 6) is 0. The molecule has 3 aromatic rings. The second-order valence-corrected chi connectivity index (χ2v) is 4.47. The largest absolute Gasteiger partial charge is 0.294 e. The number of non-ortho nitro benzene ring substituents is 1. The fraction of sp³-hybridized carbons (Fsp3) is 0.0714. The van der Waals surface area contributed by atoms with Crippen LogP contribution in [0.1, 0.15) is 5.69 Å². The van der Waals surface area contributed by atoms with E-state index < -0.39 is 4.92 Å². The molecule has 2 aromatic heterocycles. The van der Waals surface area contributed by atoms with E-state index >= 15 is 0 Å². The number of anilines is 1. The van der Waals surface area contributed by atoms with Gasteiger partial charge in [0.15, 0.2) is 0 Å². The van der Waals surface area contributed by atoms with E-state index in [9.17, 15) is 10.1 Å². The lowest BCUT2D eigenvalue weighted by Crippen LogP contribution is -2.07. The fourth-order valence-electron chi connectivity index (χ4n) is 2.10. The normalized spacial score (nSPS) is 10.7. The van der Waals surface area contributed by atoms with Crippen molar-refractivity contribution in [2.75, 3.05) is 5.43 Å². The minimum Gasteiger partial charge on any atom is -0.294 e. The van der Waals surface area contributed by atoms with Crippen molar-refractivity contribution in [2.24, 2.45) is 0 Å². The van der Waals surface area contributed by atoms with Crippen LogP contribution in [-0.4, -0.2) is 14.6 Å². The molecule has 1 aromatic carbocycles. The summed E-state index contributed by atoms with van der Waals surface area (Å²) in [7, 11) is 0. The van der Waals surface area contributed by atoms with Gasteiger partial charge in [-0.15, -0.1) is 0 Å². The molecule has 0 fully saturated rings. The van der Waals surface area contributed by atoms with Gasteiger partial charge in [0.25, 0.3) is 5.69 Å². The van der Waals surface area contributed by atoms with Gasteiger partial charge in [0, 0.05) is 35.6 Å². The quantitative estimate of drug-likeness (QED) is 0.585. The number of hydrogen-bond donors (Lipinski definition) is 1. The molecular formula is C14H12N4O2. The highest BCUT2D eigenvalue weighted by molar-refractivity contribution is 5.93. The van der Waals surface area contributed by atoms with Crippen LogP contribution >= 0.6 is 0 Å². The predicted molar refractivity (Wildman–Crippen MR) is 76.6 cm³/mol. The molecule has 0 amide bonds. The summed E-state index contributed by atoms with van der Waals surface area (Å²) in [6, 6.07) is 10.3. The van der Waals surface area contributed by atoms with Gasteiger partial charge in [0.1, 0.15) is 0 Å². The zero-order chi connectivity index (χ0) is 14.1. The van der Waals surface area contributed by atoms with Crippen LogP contribution in [0.3, 0.4) is 0 Å². The number of rotatable bonds is 3. The van der Waals surface area contributed by atoms with Gasteiger partial charge in [0.05, 0.1) is 16.1 Å². The number of pyridine rings is 1. The second kappa shape index (κ2) is 4.65. The Hall–Kier alpha value is -2.89. The number of nitro groups is 1. The SMILES string of the molecule is Cc1cc(Nn2cccc2)c2cc([N+](=O)[O-])ccc2n1. The zero-order valence-electron chi connectivity index (χ0n) is 10.8. The van der Waals surface area contributed by atoms with Crippen LogP contribution in [0.2, 0.25) is 0 Å². The first-order chi connectivity index (χ1) is 9.63. The highest BCUT2D eigenvalue weighted by Gasteiger charge is 2.10. The van der Waals surface area contributed by atoms with Gasteiger partial charge in [0.2, 0.25) is 0 Å². The molecule has 2 heterocycles. The maximum Gasteiger partial charge on any atom is 0.270 e. The van der Waals surface area contributed by atoms with Crippen LogP contribution in [0.4, 0.5) is 11.4 Å². The summed E-state index contributed by atoms with van der Waals surface area (Å²) in [5.41, 5.74) is 5.60. The van der Waals surface area contributed by atoms with Crippen LogP contribution in [0.5, 0.6) is 0 Å². The monoisotopic (exact) mass is 268 g/mol. The Bertz CT molecular complexity index is 781. The second-order valence-electron chi connectivity index (χ2n) is 4.47. The number of hydrogen-bond acceptors (Lipinski definition) is 4. The molecule has 0 atom stereocenters. The molecule has 3 rings (SSSR count). The van der Waals surface area contributed by atoms with Crippen LogP contribution in [0, 0.1) is 17.0 Å². The molecule has 1 N–H and O–H groups in total. The maximum atomic E-state index is 10.9. The number of aryl methyl sites for hydroxylation is 1. The van der Waals surface area contributed by atoms with Crippen molar-refractivity contribution in [1.82, 2.24) is 9.66 Å². The zero-order valence-corrected chi connectivity index (χ0v) is 10.8. The maximum absolute atomic E-state index is 10.9. The van der Waals surface area contributed by atoms with E-state index in [1.807, 2.05) is 37.5 Å². The topological polar surface area (TPSA) is 73.0 Å². The average Bonchev–Trinajstić information content (AvgIpc) is 2.91. The Balaban J connectivity index is 2.17. The van der Waals surface area contributed by atoms with Crippen molar-refractivity contribution >= 4 is 22.3 Å². The fourth-order valence-corrected chi connectivity index (χ4v) is 2.10. The molecule has 6 nitrogen and oxygen atoms in total. The Morgan fingerprint density at radius 2 is 2.00 bits per heavy atom. The van der Waals surface area contributed by atoms with Crippen molar-refractivity contribution in [2.45, 2.75) is 6.92 Å². The number of nitro benzene ring substituents is 1. The summed E-state index contributed by atoms with van der Waals surface area (Å²) in [4.78, 5) is 14.9. The molecule has 6 heteroatoms. The van der Waals surface area contributed by atoms with Crippen molar-refractivity contribution in [1.29, 1.82) is 0 Å². The molecule has 0 radical (unpaired) electrons. The van der Waals surface area contributed by atoms with E-state index in [1.165, 1.54) is 12.1 Å². The van der Waals surface area contributed by atoms with Crippen LogP contribution in [0.25, 0.3) is 10.9 Å². The molecule has 0 saturated carbocycles. The Morgan fingerprint density at radius 3 is 2.70 bits per heavy atom. The minimum absolute atomic E-state index is 0.0544. The van der Waals surface area contributed by atoms with Gasteiger partial charge < -0.3 is 0 Å². The lowest BCUT2D eigenvalue weighted by molar-refractivity contribution is -0.384. The molecule has 0 spiro atoms. The third-order valence-corrected chi connectivity index (χ3v) is 2.99. The van der Waals surface area contributed by atoms with Crippen molar-refractivity contribution in [3.63, 3.8) is 0 Å². The van der Waals surface area contributed by atoms with Crippen molar-refractivity contribution in [3.05, 3.63) is 64.6 Å². The third-order valence-electron chi connectivity index (χ3n) is 2.99. The molecule has 100 valence electrons. The lowest BCUT2D eigenvalue weighted by Gasteiger charge is -2.11. The highest BCUT2D eigenvalue weighted by Crippen LogP contribution is 2.27. The van der Waals surface area contributed by atoms with Crippen molar-refractivity contribution in [3.8, 4) is 0 Å². The average molecular weight is 268 g/mol. The van der Waals surface area contributed by atoms with Gasteiger partial charge in [-0.1, -0.05) is 0 Å². The summed E-state index contributed by atoms with van der Waals surface area (Å²) >= 11 is 0. The minimum atomic E-state index is -0.404. The highest BCUT2D eigenvalue weighted by atomic mass is 16.6. The number of fused-ring (bicyclic) bond motifs is 1. The first kappa shape index (κ1) is 12.2. The smallest absolute Gasteiger partial charge is 0.270 e. The van der Waals surface area contributed by atoms with Gasteiger partial charge in [-0.25, -0.2) is 0 Å². The molecule has 0 aliphatic heterocycles. The van der Waals surface area contributed by atoms with Crippen LogP contribution in [0.15, 0.2) is 48.8 Å². The summed E-state index contributed by atoms with van der Waals surface area (Å²) < 4.78 is 1.78. The first-order valence-electron chi connectivity index (χ1n) is 6.09. The van der Waals surface area contributed by atoms with E-state index in [4.69, 9.17) is 0 Å². The number of nitrogens with one attached hydrogen (secondary N) is 1. The van der Waals surface area contributed by atoms with Gasteiger partial charge in [-0.3, -0.25) is 25.2 Å². The molecule has 0 bridgehead atoms. The Labute approximate surface area is 114 Å². The number of benzene rings is 1. The van der Waals surface area contributed by atoms with E-state index in [1.54, 1.807) is 10.7 Å². The van der Waals surface area contributed by atoms with E-state index in [0.29, 0.717) is 0 Å². The number of aromatic nitrogens is 2. The van der Waals surface area contributed by atoms with Crippen molar-refractivity contribution < 1.29 is 4.92 Å². The predicted octanol–water partition coefficient (Wildman–Crippen LogP) is 3.13. The van der Waals surface area contributed by atoms with E-state index in [2.05, 4.69) is 10.4 Å². The van der Waals surface area contributed by atoms with Gasteiger partial charge in [-0.2, -0.15) is 0 Å². The summed E-state index contributed by atoms with van der Waals surface area (Å²) in [6.45, 7) is 1.89. The molecular weight excluding hydrogens is 256 g/mol. The number of nitrogens with zero attached hydrogens (tertiary/aromatic N) is 3.